The maximum Gasteiger partial charge on any atom is 0.253 e. The highest BCUT2D eigenvalue weighted by Gasteiger charge is 2.32. The van der Waals surface area contributed by atoms with E-state index in [9.17, 15) is 18.8 Å². The van der Waals surface area contributed by atoms with E-state index in [0.717, 1.165) is 25.7 Å². The number of piperidine rings is 1. The molecule has 0 radical (unpaired) electrons. The van der Waals surface area contributed by atoms with Gasteiger partial charge in [0.25, 0.3) is 11.8 Å². The molecule has 1 aliphatic heterocycles. The SMILES string of the molecule is O=C(N[C@@H]1CCCCC1NC(=O)C1CCN(C(=O)c2cccc(F)c2)CC1)c1ccccc1. The minimum absolute atomic E-state index is 0.0151. The lowest BCUT2D eigenvalue weighted by molar-refractivity contribution is -0.127. The Kier molecular flexibility index (Phi) is 7.37. The molecule has 0 bridgehead atoms. The van der Waals surface area contributed by atoms with Crippen LogP contribution in [-0.4, -0.2) is 47.8 Å². The summed E-state index contributed by atoms with van der Waals surface area (Å²) in [6.07, 6.45) is 4.85. The minimum Gasteiger partial charge on any atom is -0.351 e. The van der Waals surface area contributed by atoms with Gasteiger partial charge in [-0.1, -0.05) is 37.1 Å². The molecule has 0 spiro atoms. The van der Waals surface area contributed by atoms with Crippen molar-refractivity contribution in [3.05, 3.63) is 71.5 Å². The molecule has 7 heteroatoms. The Labute approximate surface area is 193 Å². The Balaban J connectivity index is 1.30. The highest BCUT2D eigenvalue weighted by Crippen LogP contribution is 2.23. The number of hydrogen-bond acceptors (Lipinski definition) is 3. The van der Waals surface area contributed by atoms with E-state index in [0.29, 0.717) is 37.1 Å². The van der Waals surface area contributed by atoms with Gasteiger partial charge >= 0.3 is 0 Å². The average Bonchev–Trinajstić information content (AvgIpc) is 2.85. The van der Waals surface area contributed by atoms with Crippen molar-refractivity contribution in [2.24, 2.45) is 5.92 Å². The first-order valence-electron chi connectivity index (χ1n) is 11.7. The molecule has 3 amide bonds. The molecule has 33 heavy (non-hydrogen) atoms. The number of carbonyl (C=O) groups excluding carboxylic acids is 3. The smallest absolute Gasteiger partial charge is 0.253 e. The fourth-order valence-corrected chi connectivity index (χ4v) is 4.77. The Hall–Kier alpha value is -3.22. The number of likely N-dealkylation sites (tertiary alicyclic amines) is 1. The fraction of sp³-hybridized carbons (Fsp3) is 0.423. The van der Waals surface area contributed by atoms with E-state index in [-0.39, 0.29) is 35.7 Å². The van der Waals surface area contributed by atoms with E-state index in [1.54, 1.807) is 23.1 Å². The van der Waals surface area contributed by atoms with Crippen molar-refractivity contribution in [1.29, 1.82) is 0 Å². The molecule has 4 rings (SSSR count). The second kappa shape index (κ2) is 10.6. The van der Waals surface area contributed by atoms with Gasteiger partial charge in [-0.15, -0.1) is 0 Å². The van der Waals surface area contributed by atoms with Crippen molar-refractivity contribution in [3.8, 4) is 0 Å². The van der Waals surface area contributed by atoms with E-state index < -0.39 is 5.82 Å². The topological polar surface area (TPSA) is 78.5 Å². The number of hydrogen-bond donors (Lipinski definition) is 2. The van der Waals surface area contributed by atoms with E-state index in [1.165, 1.54) is 18.2 Å². The molecule has 6 nitrogen and oxygen atoms in total. The first-order chi connectivity index (χ1) is 16.0. The standard InChI is InChI=1S/C26H30FN3O3/c27-21-10-6-9-20(17-21)26(33)30-15-13-19(14-16-30)25(32)29-23-12-5-4-11-22(23)28-24(31)18-7-2-1-3-8-18/h1-3,6-10,17,19,22-23H,4-5,11-16H2,(H,28,31)(H,29,32)/t22-,23?/m1/s1. The van der Waals surface area contributed by atoms with Gasteiger partial charge in [0.15, 0.2) is 0 Å². The number of amides is 3. The minimum atomic E-state index is -0.434. The summed E-state index contributed by atoms with van der Waals surface area (Å²) in [4.78, 5) is 39.9. The van der Waals surface area contributed by atoms with Crippen LogP contribution >= 0.6 is 0 Å². The fourth-order valence-electron chi connectivity index (χ4n) is 4.77. The first-order valence-corrected chi connectivity index (χ1v) is 11.7. The summed E-state index contributed by atoms with van der Waals surface area (Å²) in [5.41, 5.74) is 0.945. The monoisotopic (exact) mass is 451 g/mol. The zero-order chi connectivity index (χ0) is 23.2. The first kappa shape index (κ1) is 23.0. The van der Waals surface area contributed by atoms with Crippen molar-refractivity contribution in [2.75, 3.05) is 13.1 Å². The maximum atomic E-state index is 13.4. The Morgan fingerprint density at radius 3 is 2.09 bits per heavy atom. The van der Waals surface area contributed by atoms with Crippen LogP contribution in [-0.2, 0) is 4.79 Å². The van der Waals surface area contributed by atoms with E-state index in [2.05, 4.69) is 10.6 Å². The molecule has 1 saturated carbocycles. The summed E-state index contributed by atoms with van der Waals surface area (Å²) in [5.74, 6) is -0.945. The third-order valence-electron chi connectivity index (χ3n) is 6.67. The Bertz CT molecular complexity index is 989. The van der Waals surface area contributed by atoms with Crippen LogP contribution in [0.3, 0.4) is 0 Å². The van der Waals surface area contributed by atoms with Gasteiger partial charge in [-0.05, 0) is 56.0 Å². The predicted molar refractivity (Wildman–Crippen MR) is 123 cm³/mol. The number of nitrogens with one attached hydrogen (secondary N) is 2. The molecule has 2 aliphatic rings. The summed E-state index contributed by atoms with van der Waals surface area (Å²) in [6.45, 7) is 0.929. The van der Waals surface area contributed by atoms with Gasteiger partial charge < -0.3 is 15.5 Å². The van der Waals surface area contributed by atoms with Crippen LogP contribution in [0.2, 0.25) is 0 Å². The molecule has 2 fully saturated rings. The van der Waals surface area contributed by atoms with Gasteiger partial charge in [0.2, 0.25) is 5.91 Å². The number of carbonyl (C=O) groups is 3. The van der Waals surface area contributed by atoms with Crippen LogP contribution in [0.4, 0.5) is 4.39 Å². The van der Waals surface area contributed by atoms with Gasteiger partial charge in [0, 0.05) is 42.2 Å². The predicted octanol–water partition coefficient (Wildman–Crippen LogP) is 3.54. The van der Waals surface area contributed by atoms with Crippen molar-refractivity contribution in [3.63, 3.8) is 0 Å². The van der Waals surface area contributed by atoms with Crippen molar-refractivity contribution in [2.45, 2.75) is 50.6 Å². The number of benzene rings is 2. The highest BCUT2D eigenvalue weighted by molar-refractivity contribution is 5.95. The van der Waals surface area contributed by atoms with Gasteiger partial charge in [0.05, 0.1) is 0 Å². The second-order valence-electron chi connectivity index (χ2n) is 8.92. The van der Waals surface area contributed by atoms with Crippen LogP contribution in [0.15, 0.2) is 54.6 Å². The van der Waals surface area contributed by atoms with E-state index in [4.69, 9.17) is 0 Å². The maximum absolute atomic E-state index is 13.4. The average molecular weight is 452 g/mol. The van der Waals surface area contributed by atoms with Crippen molar-refractivity contribution < 1.29 is 18.8 Å². The number of nitrogens with zero attached hydrogens (tertiary/aromatic N) is 1. The molecular weight excluding hydrogens is 421 g/mol. The Morgan fingerprint density at radius 2 is 1.42 bits per heavy atom. The zero-order valence-corrected chi connectivity index (χ0v) is 18.6. The van der Waals surface area contributed by atoms with Gasteiger partial charge in [-0.2, -0.15) is 0 Å². The van der Waals surface area contributed by atoms with E-state index >= 15 is 0 Å². The molecule has 1 heterocycles. The third-order valence-corrected chi connectivity index (χ3v) is 6.67. The summed E-state index contributed by atoms with van der Waals surface area (Å²) in [7, 11) is 0. The van der Waals surface area contributed by atoms with Crippen molar-refractivity contribution >= 4 is 17.7 Å². The third kappa shape index (κ3) is 5.78. The molecule has 0 aromatic heterocycles. The molecule has 2 atom stereocenters. The molecule has 1 saturated heterocycles. The largest absolute Gasteiger partial charge is 0.351 e. The van der Waals surface area contributed by atoms with Crippen molar-refractivity contribution in [1.82, 2.24) is 15.5 Å². The normalized spacial score (nSPS) is 21.3. The summed E-state index contributed by atoms with van der Waals surface area (Å²) >= 11 is 0. The zero-order valence-electron chi connectivity index (χ0n) is 18.6. The molecule has 2 aromatic rings. The van der Waals surface area contributed by atoms with Gasteiger partial charge in [-0.3, -0.25) is 14.4 Å². The number of halogens is 1. The van der Waals surface area contributed by atoms with Crippen LogP contribution in [0.5, 0.6) is 0 Å². The molecule has 1 aliphatic carbocycles. The van der Waals surface area contributed by atoms with Gasteiger partial charge in [-0.25, -0.2) is 4.39 Å². The van der Waals surface area contributed by atoms with Crippen LogP contribution < -0.4 is 10.6 Å². The quantitative estimate of drug-likeness (QED) is 0.730. The lowest BCUT2D eigenvalue weighted by Crippen LogP contribution is -2.55. The van der Waals surface area contributed by atoms with Gasteiger partial charge in [0.1, 0.15) is 5.82 Å². The van der Waals surface area contributed by atoms with Crippen LogP contribution in [0.25, 0.3) is 0 Å². The summed E-state index contributed by atoms with van der Waals surface area (Å²) < 4.78 is 13.4. The summed E-state index contributed by atoms with van der Waals surface area (Å²) in [6, 6.07) is 14.6. The van der Waals surface area contributed by atoms with Crippen LogP contribution in [0, 0.1) is 11.7 Å². The lowest BCUT2D eigenvalue weighted by Gasteiger charge is -2.36. The highest BCUT2D eigenvalue weighted by atomic mass is 19.1. The number of rotatable bonds is 5. The molecule has 2 N–H and O–H groups in total. The van der Waals surface area contributed by atoms with Crippen LogP contribution in [0.1, 0.15) is 59.2 Å². The summed E-state index contributed by atoms with van der Waals surface area (Å²) in [5, 5.41) is 6.27. The Morgan fingerprint density at radius 1 is 0.788 bits per heavy atom. The molecular formula is C26H30FN3O3. The molecule has 174 valence electrons. The lowest BCUT2D eigenvalue weighted by atomic mass is 9.88. The molecule has 2 aromatic carbocycles. The second-order valence-corrected chi connectivity index (χ2v) is 8.92. The molecule has 1 unspecified atom stereocenters. The van der Waals surface area contributed by atoms with E-state index in [1.807, 2.05) is 18.2 Å².